The molecule has 0 spiro atoms. The van der Waals surface area contributed by atoms with Crippen molar-refractivity contribution in [1.29, 1.82) is 5.26 Å². The normalized spacial score (nSPS) is 25.0. The molecule has 2 aromatic carbocycles. The summed E-state index contributed by atoms with van der Waals surface area (Å²) in [5.41, 5.74) is 1.65. The Morgan fingerprint density at radius 1 is 1.08 bits per heavy atom. The molecule has 3 aliphatic heterocycles. The molecule has 4 atom stereocenters. The van der Waals surface area contributed by atoms with Crippen LogP contribution in [0.25, 0.3) is 0 Å². The molecule has 0 radical (unpaired) electrons. The van der Waals surface area contributed by atoms with E-state index in [4.69, 9.17) is 14.2 Å². The topological polar surface area (TPSA) is 151 Å². The first kappa shape index (κ1) is 33.4. The predicted octanol–water partition coefficient (Wildman–Crippen LogP) is 3.87. The molecule has 0 bridgehead atoms. The number of piperazine rings is 1. The number of fused-ring (bicyclic) bond motifs is 1. The van der Waals surface area contributed by atoms with Crippen LogP contribution in [0.4, 0.5) is 10.5 Å². The number of ether oxygens (including phenoxy) is 3. The fourth-order valence-corrected chi connectivity index (χ4v) is 8.91. The van der Waals surface area contributed by atoms with Gasteiger partial charge in [-0.25, -0.2) is 9.78 Å². The summed E-state index contributed by atoms with van der Waals surface area (Å²) in [7, 11) is -1.68. The van der Waals surface area contributed by atoms with Crippen molar-refractivity contribution in [2.75, 3.05) is 52.3 Å². The molecular formula is C34H39N6O7S+. The zero-order valence-corrected chi connectivity index (χ0v) is 27.9. The average molecular weight is 676 g/mol. The van der Waals surface area contributed by atoms with Gasteiger partial charge in [0, 0.05) is 29.1 Å². The lowest BCUT2D eigenvalue weighted by Gasteiger charge is -2.48. The second kappa shape index (κ2) is 13.5. The number of benzene rings is 2. The zero-order chi connectivity index (χ0) is 34.1. The van der Waals surface area contributed by atoms with E-state index in [1.165, 1.54) is 31.5 Å². The Bertz CT molecular complexity index is 1840. The van der Waals surface area contributed by atoms with Crippen LogP contribution in [0.1, 0.15) is 43.0 Å². The van der Waals surface area contributed by atoms with Crippen LogP contribution in [-0.2, 0) is 19.6 Å². The molecule has 1 N–H and O–H groups in total. The molecular weight excluding hydrogens is 636 g/mol. The lowest BCUT2D eigenvalue weighted by molar-refractivity contribution is -0.666. The Balaban J connectivity index is 1.57. The summed E-state index contributed by atoms with van der Waals surface area (Å²) in [6.45, 7) is 2.89. The Kier molecular flexibility index (Phi) is 9.39. The van der Waals surface area contributed by atoms with Gasteiger partial charge in [-0.15, -0.1) is 0 Å². The highest BCUT2D eigenvalue weighted by molar-refractivity contribution is 7.86. The van der Waals surface area contributed by atoms with E-state index in [9.17, 15) is 10.1 Å². The van der Waals surface area contributed by atoms with Gasteiger partial charge in [-0.2, -0.15) is 18.5 Å². The number of quaternary nitrogens is 1. The molecule has 1 aromatic heterocycles. The van der Waals surface area contributed by atoms with Crippen molar-refractivity contribution in [2.45, 2.75) is 48.9 Å². The van der Waals surface area contributed by atoms with Gasteiger partial charge in [-0.3, -0.25) is 4.90 Å². The lowest BCUT2D eigenvalue weighted by atomic mass is 9.92. The Morgan fingerprint density at radius 3 is 2.52 bits per heavy atom. The maximum atomic E-state index is 15.5. The van der Waals surface area contributed by atoms with Gasteiger partial charge in [0.15, 0.2) is 23.1 Å². The predicted molar refractivity (Wildman–Crippen MR) is 174 cm³/mol. The molecule has 3 aliphatic rings. The molecule has 252 valence electrons. The number of aromatic nitrogens is 1. The largest absolute Gasteiger partial charge is 0.540 e. The van der Waals surface area contributed by atoms with Crippen LogP contribution in [0.3, 0.4) is 0 Å². The molecule has 4 unspecified atom stereocenters. The molecule has 3 aromatic rings. The molecule has 14 heteroatoms. The van der Waals surface area contributed by atoms with Crippen molar-refractivity contribution >= 4 is 27.7 Å². The summed E-state index contributed by atoms with van der Waals surface area (Å²) in [5.74, 6) is -0.919. The lowest BCUT2D eigenvalue weighted by Crippen LogP contribution is -2.73. The number of rotatable bonds is 8. The summed E-state index contributed by atoms with van der Waals surface area (Å²) >= 11 is 0. The third-order valence-corrected chi connectivity index (χ3v) is 11.6. The molecule has 48 heavy (non-hydrogen) atoms. The van der Waals surface area contributed by atoms with Gasteiger partial charge in [-0.05, 0) is 74.1 Å². The Labute approximate surface area is 280 Å². The van der Waals surface area contributed by atoms with E-state index < -0.39 is 50.6 Å². The maximum absolute atomic E-state index is 15.5. The van der Waals surface area contributed by atoms with E-state index >= 15 is 13.2 Å². The van der Waals surface area contributed by atoms with E-state index in [-0.39, 0.29) is 41.3 Å². The van der Waals surface area contributed by atoms with Crippen LogP contribution in [-0.4, -0.2) is 98.1 Å². The molecule has 6 rings (SSSR count). The number of hydrogen-bond donors (Lipinski definition) is 1. The fraction of sp³-hybridized carbons (Fsp3) is 0.412. The number of nitrogens with zero attached hydrogens (tertiary/aromatic N) is 5. The summed E-state index contributed by atoms with van der Waals surface area (Å²) < 4.78 is 45.7. The quantitative estimate of drug-likeness (QED) is 0.345. The van der Waals surface area contributed by atoms with Crippen LogP contribution < -0.4 is 14.8 Å². The van der Waals surface area contributed by atoms with E-state index in [1.807, 2.05) is 19.2 Å². The Hall–Kier alpha value is -4.55. The smallest absolute Gasteiger partial charge is 0.495 e. The molecule has 0 aliphatic carbocycles. The minimum absolute atomic E-state index is 0.0531. The van der Waals surface area contributed by atoms with Crippen LogP contribution in [0.15, 0.2) is 71.8 Å². The highest BCUT2D eigenvalue weighted by Gasteiger charge is 2.68. The highest BCUT2D eigenvalue weighted by Crippen LogP contribution is 2.46. The van der Waals surface area contributed by atoms with Crippen molar-refractivity contribution in [3.8, 4) is 17.7 Å². The van der Waals surface area contributed by atoms with Gasteiger partial charge in [0.2, 0.25) is 5.88 Å². The number of likely N-dealkylation sites (tertiary alicyclic amines) is 1. The number of imide groups is 1. The van der Waals surface area contributed by atoms with E-state index in [0.29, 0.717) is 31.5 Å². The minimum atomic E-state index is -4.99. The SMILES string of the molecule is CCOc1ncccc1C1C(=O)[N+](C(=O)OC2CNc3ccccc32)(S(=O)(=O)c2ccccc2OC)CC(C#N)N1C1CCN(C)CC1. The van der Waals surface area contributed by atoms with E-state index in [2.05, 4.69) is 21.3 Å². The van der Waals surface area contributed by atoms with Gasteiger partial charge < -0.3 is 24.4 Å². The Morgan fingerprint density at radius 2 is 1.79 bits per heavy atom. The number of piperidine rings is 1. The number of amides is 2. The summed E-state index contributed by atoms with van der Waals surface area (Å²) in [5, 5.41) is 14.0. The van der Waals surface area contributed by atoms with Crippen molar-refractivity contribution in [3.63, 3.8) is 0 Å². The molecule has 0 saturated carbocycles. The van der Waals surface area contributed by atoms with Gasteiger partial charge in [0.25, 0.3) is 0 Å². The van der Waals surface area contributed by atoms with Crippen molar-refractivity contribution in [1.82, 2.24) is 14.8 Å². The highest BCUT2D eigenvalue weighted by atomic mass is 32.2. The number of para-hydroxylation sites is 2. The number of pyridine rings is 1. The minimum Gasteiger partial charge on any atom is -0.495 e. The van der Waals surface area contributed by atoms with Crippen LogP contribution in [0, 0.1) is 11.3 Å². The summed E-state index contributed by atoms with van der Waals surface area (Å²) in [6.07, 6.45) is 0.571. The first-order valence-electron chi connectivity index (χ1n) is 16.0. The number of hydrogen-bond acceptors (Lipinski definition) is 12. The molecule has 2 fully saturated rings. The van der Waals surface area contributed by atoms with Crippen molar-refractivity contribution in [3.05, 3.63) is 78.0 Å². The fourth-order valence-electron chi connectivity index (χ4n) is 7.00. The molecule has 2 amide bonds. The van der Waals surface area contributed by atoms with Gasteiger partial charge >= 0.3 is 22.0 Å². The first-order valence-corrected chi connectivity index (χ1v) is 17.4. The second-order valence-electron chi connectivity index (χ2n) is 12.1. The number of nitriles is 1. The van der Waals surface area contributed by atoms with Gasteiger partial charge in [0.1, 0.15) is 12.3 Å². The second-order valence-corrected chi connectivity index (χ2v) is 14.1. The average Bonchev–Trinajstić information content (AvgIpc) is 3.51. The number of carbonyl (C=O) groups is 2. The van der Waals surface area contributed by atoms with E-state index in [0.717, 1.165) is 5.69 Å². The number of nitrogens with one attached hydrogen (secondary N) is 1. The van der Waals surface area contributed by atoms with Crippen LogP contribution in [0.5, 0.6) is 11.6 Å². The monoisotopic (exact) mass is 675 g/mol. The number of carbonyl (C=O) groups excluding carboxylic acids is 2. The van der Waals surface area contributed by atoms with Crippen LogP contribution >= 0.6 is 0 Å². The van der Waals surface area contributed by atoms with Gasteiger partial charge in [0.05, 0.1) is 26.3 Å². The number of sulfonamides is 1. The zero-order valence-electron chi connectivity index (χ0n) is 27.1. The maximum Gasteiger partial charge on any atom is 0.540 e. The van der Waals surface area contributed by atoms with Crippen molar-refractivity contribution in [2.24, 2.45) is 0 Å². The summed E-state index contributed by atoms with van der Waals surface area (Å²) in [6, 6.07) is 15.7. The first-order chi connectivity index (χ1) is 23.2. The molecule has 13 nitrogen and oxygen atoms in total. The van der Waals surface area contributed by atoms with Gasteiger partial charge in [-0.1, -0.05) is 30.3 Å². The third-order valence-electron chi connectivity index (χ3n) is 9.39. The molecule has 2 saturated heterocycles. The third kappa shape index (κ3) is 5.56. The van der Waals surface area contributed by atoms with Crippen molar-refractivity contribution < 1.29 is 36.1 Å². The number of anilines is 1. The van der Waals surface area contributed by atoms with Crippen LogP contribution in [0.2, 0.25) is 0 Å². The standard InChI is InChI=1S/C34H39N6O7S/c1-4-46-32-26(11-9-17-36-32)31-33(41)40(48(43,44)30-14-8-7-13-28(30)45-3,22-24(20-35)39(31)23-15-18-38(2)19-16-23)34(42)47-29-21-37-27-12-6-5-10-25(27)29/h5-14,17,23-24,29,31,37H,4,15-16,18-19,21-22H2,1-3H3/q+1. The number of methoxy groups -OCH3 is 1. The summed E-state index contributed by atoms with van der Waals surface area (Å²) in [4.78, 5) is 38.2. The van der Waals surface area contributed by atoms with E-state index in [1.54, 1.807) is 42.2 Å². The molecule has 4 heterocycles.